The van der Waals surface area contributed by atoms with Gasteiger partial charge < -0.3 is 5.11 Å². The molecule has 0 fully saturated rings. The SMILES string of the molecule is C[C@@H](Sc1nc(-c2ccc(C#N)cc2)ns1)C(O)(Cn1cncn1)c1ccc(F)cc1F. The van der Waals surface area contributed by atoms with Crippen molar-refractivity contribution in [1.29, 1.82) is 5.26 Å². The molecule has 2 aromatic carbocycles. The quantitative estimate of drug-likeness (QED) is 0.407. The number of hydrogen-bond donors (Lipinski definition) is 1. The number of nitriles is 1. The Morgan fingerprint density at radius 2 is 2.03 bits per heavy atom. The van der Waals surface area contributed by atoms with Crippen LogP contribution in [0.1, 0.15) is 18.1 Å². The molecule has 4 rings (SSSR count). The van der Waals surface area contributed by atoms with Gasteiger partial charge in [-0.2, -0.15) is 14.7 Å². The molecular formula is C21H16F2N6OS2. The van der Waals surface area contributed by atoms with Gasteiger partial charge in [-0.15, -0.1) is 0 Å². The monoisotopic (exact) mass is 470 g/mol. The molecule has 0 amide bonds. The smallest absolute Gasteiger partial charge is 0.174 e. The minimum atomic E-state index is -1.74. The highest BCUT2D eigenvalue weighted by atomic mass is 32.2. The molecule has 1 N–H and O–H groups in total. The first-order valence-corrected chi connectivity index (χ1v) is 11.1. The number of aromatic nitrogens is 5. The van der Waals surface area contributed by atoms with Gasteiger partial charge in [-0.25, -0.2) is 23.4 Å². The lowest BCUT2D eigenvalue weighted by Gasteiger charge is -2.33. The lowest BCUT2D eigenvalue weighted by Crippen LogP contribution is -2.41. The van der Waals surface area contributed by atoms with Crippen LogP contribution >= 0.6 is 23.3 Å². The standard InChI is InChI=1S/C21H16F2N6OS2/c1-13(31-20-27-19(28-32-20)15-4-2-14(9-24)3-5-15)21(30,10-29-12-25-11-26-29)17-7-6-16(22)8-18(17)23/h2-8,11-13,30H,10H2,1H3/t13-,21?/m1/s1. The average molecular weight is 471 g/mol. The third kappa shape index (κ3) is 4.52. The van der Waals surface area contributed by atoms with E-state index in [0.717, 1.165) is 29.2 Å². The fourth-order valence-electron chi connectivity index (χ4n) is 3.15. The number of halogens is 2. The van der Waals surface area contributed by atoms with Gasteiger partial charge in [0.1, 0.15) is 29.9 Å². The van der Waals surface area contributed by atoms with E-state index in [2.05, 4.69) is 25.5 Å². The van der Waals surface area contributed by atoms with Crippen LogP contribution in [0.5, 0.6) is 0 Å². The molecule has 0 spiro atoms. The van der Waals surface area contributed by atoms with E-state index in [9.17, 15) is 13.9 Å². The number of hydrogen-bond acceptors (Lipinski definition) is 8. The van der Waals surface area contributed by atoms with Crippen molar-refractivity contribution in [2.24, 2.45) is 0 Å². The Bertz CT molecular complexity index is 1260. The minimum Gasteiger partial charge on any atom is -0.382 e. The number of aliphatic hydroxyl groups is 1. The molecule has 0 radical (unpaired) electrons. The van der Waals surface area contributed by atoms with Gasteiger partial charge >= 0.3 is 0 Å². The molecule has 0 aliphatic carbocycles. The van der Waals surface area contributed by atoms with Crippen molar-refractivity contribution in [3.05, 3.63) is 77.9 Å². The summed E-state index contributed by atoms with van der Waals surface area (Å²) in [6, 6.07) is 12.0. The molecule has 0 bridgehead atoms. The Morgan fingerprint density at radius 3 is 2.69 bits per heavy atom. The van der Waals surface area contributed by atoms with Gasteiger partial charge in [0.05, 0.1) is 18.2 Å². The maximum Gasteiger partial charge on any atom is 0.174 e. The zero-order valence-corrected chi connectivity index (χ0v) is 18.3. The van der Waals surface area contributed by atoms with Crippen LogP contribution in [-0.2, 0) is 12.1 Å². The van der Waals surface area contributed by atoms with Crippen molar-refractivity contribution < 1.29 is 13.9 Å². The van der Waals surface area contributed by atoms with E-state index < -0.39 is 22.5 Å². The van der Waals surface area contributed by atoms with Crippen LogP contribution in [-0.4, -0.2) is 34.5 Å². The molecule has 32 heavy (non-hydrogen) atoms. The normalized spacial score (nSPS) is 14.0. The molecule has 4 aromatic rings. The van der Waals surface area contributed by atoms with Crippen LogP contribution in [0, 0.1) is 23.0 Å². The molecular weight excluding hydrogens is 454 g/mol. The van der Waals surface area contributed by atoms with Crippen molar-refractivity contribution in [2.75, 3.05) is 0 Å². The minimum absolute atomic E-state index is 0.0498. The summed E-state index contributed by atoms with van der Waals surface area (Å²) >= 11 is 2.37. The summed E-state index contributed by atoms with van der Waals surface area (Å²) in [4.78, 5) is 8.37. The molecule has 0 aliphatic heterocycles. The highest BCUT2D eigenvalue weighted by Gasteiger charge is 2.40. The summed E-state index contributed by atoms with van der Waals surface area (Å²) in [5, 5.41) is 23.9. The second kappa shape index (κ2) is 9.12. The first-order valence-electron chi connectivity index (χ1n) is 9.40. The Kier molecular flexibility index (Phi) is 6.27. The van der Waals surface area contributed by atoms with Gasteiger partial charge in [0, 0.05) is 22.4 Å². The summed E-state index contributed by atoms with van der Waals surface area (Å²) in [5.74, 6) is -1.09. The molecule has 1 unspecified atom stereocenters. The summed E-state index contributed by atoms with van der Waals surface area (Å²) in [7, 11) is 0. The third-order valence-corrected chi connectivity index (χ3v) is 6.96. The second-order valence-electron chi connectivity index (χ2n) is 6.97. The highest BCUT2D eigenvalue weighted by molar-refractivity contribution is 8.01. The van der Waals surface area contributed by atoms with Crippen molar-refractivity contribution >= 4 is 23.3 Å². The van der Waals surface area contributed by atoms with Crippen molar-refractivity contribution in [2.45, 2.75) is 28.7 Å². The Morgan fingerprint density at radius 1 is 1.25 bits per heavy atom. The lowest BCUT2D eigenvalue weighted by molar-refractivity contribution is 0.0133. The number of thioether (sulfide) groups is 1. The van der Waals surface area contributed by atoms with E-state index in [1.807, 2.05) is 0 Å². The molecule has 162 valence electrons. The summed E-state index contributed by atoms with van der Waals surface area (Å²) < 4.78 is 34.4. The maximum atomic E-state index is 14.7. The first-order chi connectivity index (χ1) is 15.4. The van der Waals surface area contributed by atoms with Crippen LogP contribution in [0.3, 0.4) is 0 Å². The van der Waals surface area contributed by atoms with E-state index in [1.165, 1.54) is 35.2 Å². The lowest BCUT2D eigenvalue weighted by atomic mass is 9.90. The van der Waals surface area contributed by atoms with Crippen LogP contribution in [0.25, 0.3) is 11.4 Å². The molecule has 0 aliphatic rings. The summed E-state index contributed by atoms with van der Waals surface area (Å²) in [6.45, 7) is 1.64. The molecule has 11 heteroatoms. The average Bonchev–Trinajstić information content (AvgIpc) is 3.46. The Hall–Kier alpha value is -3.20. The molecule has 7 nitrogen and oxygen atoms in total. The first kappa shape index (κ1) is 22.0. The van der Waals surface area contributed by atoms with Gasteiger partial charge in [0.2, 0.25) is 0 Å². The summed E-state index contributed by atoms with van der Waals surface area (Å²) in [5.41, 5.74) is -0.503. The van der Waals surface area contributed by atoms with E-state index in [-0.39, 0.29) is 12.1 Å². The Balaban J connectivity index is 1.62. The number of nitrogens with zero attached hydrogens (tertiary/aromatic N) is 6. The van der Waals surface area contributed by atoms with Crippen molar-refractivity contribution in [3.63, 3.8) is 0 Å². The van der Waals surface area contributed by atoms with Gasteiger partial charge in [0.25, 0.3) is 0 Å². The van der Waals surface area contributed by atoms with Gasteiger partial charge in [0.15, 0.2) is 10.2 Å². The van der Waals surface area contributed by atoms with Crippen LogP contribution < -0.4 is 0 Å². The van der Waals surface area contributed by atoms with Crippen LogP contribution in [0.2, 0.25) is 0 Å². The van der Waals surface area contributed by atoms with Crippen molar-refractivity contribution in [1.82, 2.24) is 24.1 Å². The fraction of sp³-hybridized carbons (Fsp3) is 0.190. The van der Waals surface area contributed by atoms with Crippen LogP contribution in [0.4, 0.5) is 8.78 Å². The second-order valence-corrected chi connectivity index (χ2v) is 9.31. The third-order valence-electron chi connectivity index (χ3n) is 4.90. The van der Waals surface area contributed by atoms with Crippen molar-refractivity contribution in [3.8, 4) is 17.5 Å². The molecule has 0 saturated heterocycles. The highest BCUT2D eigenvalue weighted by Crippen LogP contribution is 2.40. The number of rotatable bonds is 7. The predicted octanol–water partition coefficient (Wildman–Crippen LogP) is 4.02. The van der Waals surface area contributed by atoms with Gasteiger partial charge in [-0.3, -0.25) is 0 Å². The van der Waals surface area contributed by atoms with E-state index in [0.29, 0.717) is 15.7 Å². The predicted molar refractivity (Wildman–Crippen MR) is 116 cm³/mol. The van der Waals surface area contributed by atoms with Gasteiger partial charge in [-0.05, 0) is 48.8 Å². The molecule has 2 heterocycles. The topological polar surface area (TPSA) is 101 Å². The zero-order valence-electron chi connectivity index (χ0n) is 16.7. The van der Waals surface area contributed by atoms with E-state index in [1.54, 1.807) is 31.2 Å². The summed E-state index contributed by atoms with van der Waals surface area (Å²) in [6.07, 6.45) is 2.73. The zero-order chi connectivity index (χ0) is 22.7. The maximum absolute atomic E-state index is 14.7. The number of benzene rings is 2. The molecule has 2 atom stereocenters. The Labute approximate surface area is 190 Å². The fourth-order valence-corrected chi connectivity index (χ4v) is 5.15. The van der Waals surface area contributed by atoms with Gasteiger partial charge in [-0.1, -0.05) is 17.8 Å². The molecule has 2 aromatic heterocycles. The van der Waals surface area contributed by atoms with E-state index >= 15 is 0 Å². The largest absolute Gasteiger partial charge is 0.382 e. The van der Waals surface area contributed by atoms with E-state index in [4.69, 9.17) is 5.26 Å². The molecule has 0 saturated carbocycles. The van der Waals surface area contributed by atoms with Crippen LogP contribution in [0.15, 0.2) is 59.5 Å².